The Morgan fingerprint density at radius 2 is 2.00 bits per heavy atom. The molecule has 1 rings (SSSR count). The standard InChI is InChI=1S/C15H22ClN3O3/c1-4-19(5-2)15(21)11-7-6-10(8-12(11)16)18-14(20)13(17)9-22-3/h6-8,13H,4-5,9,17H2,1-3H3,(H,18,20). The molecule has 2 amide bonds. The van der Waals surface area contributed by atoms with Crippen molar-refractivity contribution >= 4 is 29.1 Å². The van der Waals surface area contributed by atoms with Crippen LogP contribution in [0.2, 0.25) is 5.02 Å². The van der Waals surface area contributed by atoms with Crippen molar-refractivity contribution in [3.8, 4) is 0 Å². The van der Waals surface area contributed by atoms with Crippen LogP contribution < -0.4 is 11.1 Å². The summed E-state index contributed by atoms with van der Waals surface area (Å²) in [5.41, 5.74) is 6.53. The van der Waals surface area contributed by atoms with Gasteiger partial charge < -0.3 is 20.7 Å². The average molecular weight is 328 g/mol. The van der Waals surface area contributed by atoms with Gasteiger partial charge in [-0.3, -0.25) is 9.59 Å². The Morgan fingerprint density at radius 1 is 1.36 bits per heavy atom. The molecule has 0 fully saturated rings. The average Bonchev–Trinajstić information content (AvgIpc) is 2.48. The zero-order valence-electron chi connectivity index (χ0n) is 13.1. The molecule has 1 aromatic carbocycles. The summed E-state index contributed by atoms with van der Waals surface area (Å²) in [6.45, 7) is 5.15. The van der Waals surface area contributed by atoms with E-state index in [1.165, 1.54) is 13.2 Å². The molecule has 7 heteroatoms. The van der Waals surface area contributed by atoms with Gasteiger partial charge in [-0.15, -0.1) is 0 Å². The number of rotatable bonds is 7. The zero-order chi connectivity index (χ0) is 16.7. The van der Waals surface area contributed by atoms with Crippen LogP contribution in [0.25, 0.3) is 0 Å². The van der Waals surface area contributed by atoms with Gasteiger partial charge in [0.15, 0.2) is 0 Å². The SMILES string of the molecule is CCN(CC)C(=O)c1ccc(NC(=O)C(N)COC)cc1Cl. The summed E-state index contributed by atoms with van der Waals surface area (Å²) in [4.78, 5) is 25.7. The van der Waals surface area contributed by atoms with E-state index in [1.807, 2.05) is 13.8 Å². The van der Waals surface area contributed by atoms with Crippen LogP contribution in [-0.4, -0.2) is 49.6 Å². The topological polar surface area (TPSA) is 84.7 Å². The first-order valence-electron chi connectivity index (χ1n) is 7.08. The highest BCUT2D eigenvalue weighted by atomic mass is 35.5. The number of hydrogen-bond acceptors (Lipinski definition) is 4. The molecule has 6 nitrogen and oxygen atoms in total. The van der Waals surface area contributed by atoms with Gasteiger partial charge in [0.1, 0.15) is 6.04 Å². The highest BCUT2D eigenvalue weighted by Crippen LogP contribution is 2.22. The maximum absolute atomic E-state index is 12.3. The molecule has 122 valence electrons. The van der Waals surface area contributed by atoms with Crippen molar-refractivity contribution in [2.75, 3.05) is 32.1 Å². The van der Waals surface area contributed by atoms with Crippen molar-refractivity contribution < 1.29 is 14.3 Å². The number of nitrogens with zero attached hydrogens (tertiary/aromatic N) is 1. The summed E-state index contributed by atoms with van der Waals surface area (Å²) in [5, 5.41) is 2.92. The van der Waals surface area contributed by atoms with Crippen LogP contribution in [0, 0.1) is 0 Å². The summed E-state index contributed by atoms with van der Waals surface area (Å²) in [6, 6.07) is 4.00. The van der Waals surface area contributed by atoms with Crippen LogP contribution in [-0.2, 0) is 9.53 Å². The second-order valence-electron chi connectivity index (χ2n) is 4.72. The molecule has 0 aromatic heterocycles. The lowest BCUT2D eigenvalue weighted by Crippen LogP contribution is -2.39. The number of carbonyl (C=O) groups is 2. The van der Waals surface area contributed by atoms with Crippen molar-refractivity contribution in [3.05, 3.63) is 28.8 Å². The Labute approximate surface area is 135 Å². The Balaban J connectivity index is 2.86. The number of halogens is 1. The summed E-state index contributed by atoms with van der Waals surface area (Å²) in [7, 11) is 1.47. The van der Waals surface area contributed by atoms with E-state index in [9.17, 15) is 9.59 Å². The third-order valence-electron chi connectivity index (χ3n) is 3.20. The van der Waals surface area contributed by atoms with E-state index in [1.54, 1.807) is 17.0 Å². The lowest BCUT2D eigenvalue weighted by molar-refractivity contribution is -0.118. The molecule has 0 heterocycles. The molecule has 1 atom stereocenters. The normalized spacial score (nSPS) is 11.9. The van der Waals surface area contributed by atoms with Crippen LogP contribution in [0.15, 0.2) is 18.2 Å². The quantitative estimate of drug-likeness (QED) is 0.798. The summed E-state index contributed by atoms with van der Waals surface area (Å²) in [5.74, 6) is -0.510. The largest absolute Gasteiger partial charge is 0.383 e. The van der Waals surface area contributed by atoms with Crippen molar-refractivity contribution in [2.24, 2.45) is 5.73 Å². The third-order valence-corrected chi connectivity index (χ3v) is 3.51. The number of nitrogens with two attached hydrogens (primary N) is 1. The first-order chi connectivity index (χ1) is 10.4. The van der Waals surface area contributed by atoms with Crippen molar-refractivity contribution in [2.45, 2.75) is 19.9 Å². The van der Waals surface area contributed by atoms with Crippen LogP contribution in [0.3, 0.4) is 0 Å². The highest BCUT2D eigenvalue weighted by molar-refractivity contribution is 6.34. The van der Waals surface area contributed by atoms with Gasteiger partial charge in [-0.2, -0.15) is 0 Å². The fourth-order valence-corrected chi connectivity index (χ4v) is 2.20. The molecular formula is C15H22ClN3O3. The summed E-state index contributed by atoms with van der Waals surface area (Å²) in [6.07, 6.45) is 0. The monoisotopic (exact) mass is 327 g/mol. The number of amides is 2. The zero-order valence-corrected chi connectivity index (χ0v) is 13.8. The Hall–Kier alpha value is -1.63. The number of methoxy groups -OCH3 is 1. The van der Waals surface area contributed by atoms with Crippen LogP contribution in [0.5, 0.6) is 0 Å². The Kier molecular flexibility index (Phi) is 7.31. The molecule has 22 heavy (non-hydrogen) atoms. The van der Waals surface area contributed by atoms with E-state index in [-0.39, 0.29) is 23.4 Å². The molecule has 1 unspecified atom stereocenters. The minimum Gasteiger partial charge on any atom is -0.383 e. The molecule has 0 saturated carbocycles. The van der Waals surface area contributed by atoms with Gasteiger partial charge in [0, 0.05) is 25.9 Å². The fourth-order valence-electron chi connectivity index (χ4n) is 1.94. The maximum Gasteiger partial charge on any atom is 0.255 e. The Bertz CT molecular complexity index is 533. The van der Waals surface area contributed by atoms with Gasteiger partial charge in [0.25, 0.3) is 5.91 Å². The predicted molar refractivity (Wildman–Crippen MR) is 87.2 cm³/mol. The Morgan fingerprint density at radius 3 is 2.50 bits per heavy atom. The molecule has 0 spiro atoms. The number of anilines is 1. The summed E-state index contributed by atoms with van der Waals surface area (Å²) < 4.78 is 4.83. The molecule has 0 aliphatic heterocycles. The fraction of sp³-hybridized carbons (Fsp3) is 0.467. The van der Waals surface area contributed by atoms with E-state index in [0.29, 0.717) is 24.3 Å². The van der Waals surface area contributed by atoms with Crippen LogP contribution in [0.1, 0.15) is 24.2 Å². The van der Waals surface area contributed by atoms with E-state index in [2.05, 4.69) is 5.32 Å². The third kappa shape index (κ3) is 4.69. The molecule has 0 aliphatic rings. The van der Waals surface area contributed by atoms with E-state index >= 15 is 0 Å². The van der Waals surface area contributed by atoms with E-state index in [4.69, 9.17) is 22.1 Å². The minimum absolute atomic E-state index is 0.123. The molecule has 0 radical (unpaired) electrons. The van der Waals surface area contributed by atoms with Crippen molar-refractivity contribution in [1.82, 2.24) is 4.90 Å². The number of carbonyl (C=O) groups excluding carboxylic acids is 2. The second-order valence-corrected chi connectivity index (χ2v) is 5.13. The van der Waals surface area contributed by atoms with Gasteiger partial charge >= 0.3 is 0 Å². The van der Waals surface area contributed by atoms with Gasteiger partial charge in [-0.1, -0.05) is 11.6 Å². The van der Waals surface area contributed by atoms with Gasteiger partial charge in [0.2, 0.25) is 5.91 Å². The summed E-state index contributed by atoms with van der Waals surface area (Å²) >= 11 is 6.15. The minimum atomic E-state index is -0.763. The van der Waals surface area contributed by atoms with Crippen LogP contribution in [0.4, 0.5) is 5.69 Å². The predicted octanol–water partition coefficient (Wildman–Crippen LogP) is 1.73. The van der Waals surface area contributed by atoms with E-state index < -0.39 is 6.04 Å². The number of hydrogen-bond donors (Lipinski definition) is 2. The number of benzene rings is 1. The lowest BCUT2D eigenvalue weighted by atomic mass is 10.1. The number of nitrogens with one attached hydrogen (secondary N) is 1. The maximum atomic E-state index is 12.3. The van der Waals surface area contributed by atoms with Crippen LogP contribution >= 0.6 is 11.6 Å². The van der Waals surface area contributed by atoms with Gasteiger partial charge in [-0.25, -0.2) is 0 Å². The van der Waals surface area contributed by atoms with Crippen molar-refractivity contribution in [3.63, 3.8) is 0 Å². The van der Waals surface area contributed by atoms with E-state index in [0.717, 1.165) is 0 Å². The first kappa shape index (κ1) is 18.4. The number of ether oxygens (including phenoxy) is 1. The molecular weight excluding hydrogens is 306 g/mol. The lowest BCUT2D eigenvalue weighted by Gasteiger charge is -2.19. The second kappa shape index (κ2) is 8.73. The molecule has 0 saturated heterocycles. The smallest absolute Gasteiger partial charge is 0.255 e. The van der Waals surface area contributed by atoms with Crippen molar-refractivity contribution in [1.29, 1.82) is 0 Å². The molecule has 0 bridgehead atoms. The van der Waals surface area contributed by atoms with Gasteiger partial charge in [-0.05, 0) is 32.0 Å². The highest BCUT2D eigenvalue weighted by Gasteiger charge is 2.17. The molecule has 0 aliphatic carbocycles. The van der Waals surface area contributed by atoms with Gasteiger partial charge in [0.05, 0.1) is 17.2 Å². The molecule has 3 N–H and O–H groups in total. The first-order valence-corrected chi connectivity index (χ1v) is 7.46. The molecule has 1 aromatic rings.